The third kappa shape index (κ3) is 6.10. The molecule has 1 atom stereocenters. The molecule has 0 aromatic carbocycles. The molecule has 0 saturated carbocycles. The zero-order chi connectivity index (χ0) is 24.1. The molecule has 11 nitrogen and oxygen atoms in total. The third-order valence-corrected chi connectivity index (χ3v) is 5.30. The van der Waals surface area contributed by atoms with E-state index in [1.807, 2.05) is 13.8 Å². The lowest BCUT2D eigenvalue weighted by molar-refractivity contribution is -0.158. The number of carbonyl (C=O) groups excluding carboxylic acids is 2. The van der Waals surface area contributed by atoms with E-state index in [2.05, 4.69) is 0 Å². The molecule has 2 aromatic rings. The lowest BCUT2D eigenvalue weighted by Gasteiger charge is -2.30. The van der Waals surface area contributed by atoms with E-state index in [4.69, 9.17) is 14.4 Å². The molecule has 0 radical (unpaired) electrons. The van der Waals surface area contributed by atoms with Crippen LogP contribution < -0.4 is 9.68 Å². The topological polar surface area (TPSA) is 153 Å². The van der Waals surface area contributed by atoms with Gasteiger partial charge in [0.25, 0.3) is 0 Å². The molecule has 178 valence electrons. The molecule has 11 heteroatoms. The second-order valence-corrected chi connectivity index (χ2v) is 8.32. The van der Waals surface area contributed by atoms with Crippen LogP contribution in [0.25, 0.3) is 0 Å². The predicted molar refractivity (Wildman–Crippen MR) is 111 cm³/mol. The van der Waals surface area contributed by atoms with Crippen molar-refractivity contribution < 1.29 is 44.4 Å². The number of aromatic nitrogens is 2. The van der Waals surface area contributed by atoms with Gasteiger partial charge in [0.2, 0.25) is 23.5 Å². The molecule has 0 amide bonds. The molecular weight excluding hydrogens is 424 g/mol. The minimum absolute atomic E-state index is 0.0288. The third-order valence-electron chi connectivity index (χ3n) is 5.30. The second kappa shape index (κ2) is 9.86. The quantitative estimate of drug-likeness (QED) is 0.400. The van der Waals surface area contributed by atoms with Crippen LogP contribution in [0.5, 0.6) is 23.5 Å². The molecular formula is C21H30N2O9. The van der Waals surface area contributed by atoms with Crippen molar-refractivity contribution in [2.24, 2.45) is 5.41 Å². The first-order valence-electron chi connectivity index (χ1n) is 10.2. The number of rotatable bonds is 11. The molecule has 32 heavy (non-hydrogen) atoms. The normalized spacial score (nSPS) is 13.5. The first-order valence-corrected chi connectivity index (χ1v) is 10.2. The molecule has 0 aliphatic heterocycles. The first-order chi connectivity index (χ1) is 14.9. The highest BCUT2D eigenvalue weighted by atomic mass is 16.7. The van der Waals surface area contributed by atoms with Crippen molar-refractivity contribution in [2.45, 2.75) is 59.0 Å². The highest BCUT2D eigenvalue weighted by molar-refractivity contribution is 5.76. The van der Waals surface area contributed by atoms with Gasteiger partial charge < -0.3 is 34.8 Å². The van der Waals surface area contributed by atoms with Crippen LogP contribution in [0.15, 0.2) is 24.3 Å². The first kappa shape index (κ1) is 24.9. The number of nitrogens with zero attached hydrogens (tertiary/aromatic N) is 2. The molecule has 0 spiro atoms. The van der Waals surface area contributed by atoms with Crippen LogP contribution >= 0.6 is 0 Å². The van der Waals surface area contributed by atoms with Gasteiger partial charge in [-0.2, -0.15) is 0 Å². The fourth-order valence-corrected chi connectivity index (χ4v) is 2.72. The summed E-state index contributed by atoms with van der Waals surface area (Å²) in [6.45, 7) is 7.20. The minimum atomic E-state index is -0.986. The summed E-state index contributed by atoms with van der Waals surface area (Å²) in [5.41, 5.74) is -1.67. The van der Waals surface area contributed by atoms with Crippen LogP contribution in [0.1, 0.15) is 53.4 Å². The van der Waals surface area contributed by atoms with Gasteiger partial charge in [-0.3, -0.25) is 0 Å². The Morgan fingerprint density at radius 3 is 1.78 bits per heavy atom. The van der Waals surface area contributed by atoms with Crippen LogP contribution in [0.4, 0.5) is 0 Å². The van der Waals surface area contributed by atoms with Gasteiger partial charge in [-0.25, -0.2) is 9.59 Å². The zero-order valence-corrected chi connectivity index (χ0v) is 18.6. The Balaban J connectivity index is 1.85. The molecule has 4 N–H and O–H groups in total. The highest BCUT2D eigenvalue weighted by Gasteiger charge is 2.33. The summed E-state index contributed by atoms with van der Waals surface area (Å²) in [4.78, 5) is 34.5. The van der Waals surface area contributed by atoms with Crippen molar-refractivity contribution >= 4 is 11.9 Å². The average molecular weight is 454 g/mol. The highest BCUT2D eigenvalue weighted by Crippen LogP contribution is 2.28. The molecule has 2 rings (SSSR count). The molecule has 0 saturated heterocycles. The Morgan fingerprint density at radius 2 is 1.31 bits per heavy atom. The smallest absolute Gasteiger partial charge is 0.338 e. The van der Waals surface area contributed by atoms with Gasteiger partial charge in [0.05, 0.1) is 17.4 Å². The van der Waals surface area contributed by atoms with Gasteiger partial charge in [0.15, 0.2) is 0 Å². The summed E-state index contributed by atoms with van der Waals surface area (Å²) in [5, 5.41) is 38.3. The van der Waals surface area contributed by atoms with Gasteiger partial charge in [-0.15, -0.1) is 9.46 Å². The molecule has 0 bridgehead atoms. The van der Waals surface area contributed by atoms with Crippen molar-refractivity contribution in [3.8, 4) is 23.5 Å². The Bertz CT molecular complexity index is 908. The van der Waals surface area contributed by atoms with E-state index in [9.17, 15) is 30.0 Å². The van der Waals surface area contributed by atoms with Gasteiger partial charge >= 0.3 is 11.9 Å². The number of carbonyl (C=O) groups is 2. The fourth-order valence-electron chi connectivity index (χ4n) is 2.72. The summed E-state index contributed by atoms with van der Waals surface area (Å²) in [6.07, 6.45) is 1.14. The standard InChI is InChI=1S/C21H30N2O9/c1-5-21(4,11-10-18(28)31-22-14(24)6-7-15(22)25)30-13-12-20(2,3)19(29)32-23-16(26)8-9-17(23)27/h6-9,24-27H,5,10-13H2,1-4H3. The van der Waals surface area contributed by atoms with Crippen molar-refractivity contribution in [1.29, 1.82) is 0 Å². The summed E-state index contributed by atoms with van der Waals surface area (Å²) >= 11 is 0. The van der Waals surface area contributed by atoms with Gasteiger partial charge in [-0.1, -0.05) is 6.92 Å². The number of hydrogen-bond acceptors (Lipinski definition) is 9. The lowest BCUT2D eigenvalue weighted by Crippen LogP contribution is -2.36. The molecule has 0 aliphatic carbocycles. The van der Waals surface area contributed by atoms with Crippen molar-refractivity contribution in [2.75, 3.05) is 6.61 Å². The minimum Gasteiger partial charge on any atom is -0.492 e. The Labute approximate surface area is 185 Å². The van der Waals surface area contributed by atoms with E-state index in [-0.39, 0.29) is 19.4 Å². The number of aromatic hydroxyl groups is 4. The van der Waals surface area contributed by atoms with Gasteiger partial charge in [0, 0.05) is 30.9 Å². The summed E-state index contributed by atoms with van der Waals surface area (Å²) in [6, 6.07) is 4.76. The number of ether oxygens (including phenoxy) is 1. The summed E-state index contributed by atoms with van der Waals surface area (Å²) in [7, 11) is 0. The van der Waals surface area contributed by atoms with Crippen LogP contribution in [-0.2, 0) is 14.3 Å². The van der Waals surface area contributed by atoms with E-state index in [1.165, 1.54) is 24.3 Å². The molecule has 2 aromatic heterocycles. The maximum absolute atomic E-state index is 12.5. The monoisotopic (exact) mass is 454 g/mol. The Kier molecular flexibility index (Phi) is 7.68. The van der Waals surface area contributed by atoms with E-state index < -0.39 is 46.5 Å². The molecule has 2 heterocycles. The fraction of sp³-hybridized carbons (Fsp3) is 0.524. The SMILES string of the molecule is CCC(C)(CCC(=O)On1c(O)ccc1O)OCCC(C)(C)C(=O)On1c(O)ccc1O. The van der Waals surface area contributed by atoms with E-state index in [1.54, 1.807) is 13.8 Å². The average Bonchev–Trinajstić information content (AvgIpc) is 3.22. The summed E-state index contributed by atoms with van der Waals surface area (Å²) < 4.78 is 7.21. The van der Waals surface area contributed by atoms with Crippen molar-refractivity contribution in [3.63, 3.8) is 0 Å². The second-order valence-electron chi connectivity index (χ2n) is 8.32. The van der Waals surface area contributed by atoms with Crippen LogP contribution in [0.2, 0.25) is 0 Å². The van der Waals surface area contributed by atoms with Gasteiger partial charge in [0.1, 0.15) is 0 Å². The van der Waals surface area contributed by atoms with Crippen LogP contribution in [0, 0.1) is 5.41 Å². The lowest BCUT2D eigenvalue weighted by atomic mass is 9.89. The molecule has 0 fully saturated rings. The van der Waals surface area contributed by atoms with Crippen molar-refractivity contribution in [1.82, 2.24) is 9.46 Å². The predicted octanol–water partition coefficient (Wildman–Crippen LogP) is 2.10. The Morgan fingerprint density at radius 1 is 0.844 bits per heavy atom. The number of hydrogen-bond donors (Lipinski definition) is 4. The van der Waals surface area contributed by atoms with E-state index >= 15 is 0 Å². The molecule has 0 aliphatic rings. The Hall–Kier alpha value is -3.34. The summed E-state index contributed by atoms with van der Waals surface area (Å²) in [5.74, 6) is -2.95. The van der Waals surface area contributed by atoms with E-state index in [0.29, 0.717) is 22.3 Å². The van der Waals surface area contributed by atoms with Gasteiger partial charge in [-0.05, 0) is 40.0 Å². The van der Waals surface area contributed by atoms with Crippen LogP contribution in [0.3, 0.4) is 0 Å². The maximum atomic E-state index is 12.5. The van der Waals surface area contributed by atoms with E-state index in [0.717, 1.165) is 0 Å². The zero-order valence-electron chi connectivity index (χ0n) is 18.6. The largest absolute Gasteiger partial charge is 0.492 e. The van der Waals surface area contributed by atoms with Crippen molar-refractivity contribution in [3.05, 3.63) is 24.3 Å². The maximum Gasteiger partial charge on any atom is 0.338 e. The molecule has 1 unspecified atom stereocenters. The van der Waals surface area contributed by atoms with Crippen LogP contribution in [-0.4, -0.2) is 54.0 Å².